The van der Waals surface area contributed by atoms with E-state index in [1.165, 1.54) is 30.3 Å². The van der Waals surface area contributed by atoms with Crippen LogP contribution in [0.2, 0.25) is 10.0 Å². The van der Waals surface area contributed by atoms with E-state index in [-0.39, 0.29) is 26.5 Å². The van der Waals surface area contributed by atoms with Gasteiger partial charge in [0, 0.05) is 14.8 Å². The molecule has 0 saturated heterocycles. The van der Waals surface area contributed by atoms with Crippen LogP contribution in [0, 0.1) is 3.57 Å². The van der Waals surface area contributed by atoms with E-state index in [2.05, 4.69) is 32.6 Å². The molecule has 0 aliphatic carbocycles. The Morgan fingerprint density at radius 1 is 0.893 bits per heavy atom. The van der Waals surface area contributed by atoms with Gasteiger partial charge in [0.2, 0.25) is 0 Å². The van der Waals surface area contributed by atoms with Gasteiger partial charge in [0.1, 0.15) is 0 Å². The second-order valence-electron chi connectivity index (χ2n) is 5.69. The Balaban J connectivity index is 1.75. The lowest BCUT2D eigenvalue weighted by molar-refractivity contribution is 0.102. The Labute approximate surface area is 186 Å². The van der Waals surface area contributed by atoms with Gasteiger partial charge >= 0.3 is 0 Å². The van der Waals surface area contributed by atoms with E-state index < -0.39 is 10.0 Å². The van der Waals surface area contributed by atoms with Crippen LogP contribution in [-0.2, 0) is 10.0 Å². The zero-order valence-corrected chi connectivity index (χ0v) is 18.6. The van der Waals surface area contributed by atoms with E-state index in [0.717, 1.165) is 3.57 Å². The van der Waals surface area contributed by atoms with Crippen molar-refractivity contribution in [3.63, 3.8) is 0 Å². The molecule has 2 N–H and O–H groups in total. The third kappa shape index (κ3) is 4.96. The van der Waals surface area contributed by atoms with Gasteiger partial charge in [-0.1, -0.05) is 29.3 Å². The monoisotopic (exact) mass is 546 g/mol. The first-order chi connectivity index (χ1) is 13.3. The van der Waals surface area contributed by atoms with Crippen LogP contribution in [0.3, 0.4) is 0 Å². The summed E-state index contributed by atoms with van der Waals surface area (Å²) < 4.78 is 28.5. The van der Waals surface area contributed by atoms with Gasteiger partial charge in [0.15, 0.2) is 0 Å². The summed E-state index contributed by atoms with van der Waals surface area (Å²) in [6.07, 6.45) is 0. The second-order valence-corrected chi connectivity index (χ2v) is 9.41. The lowest BCUT2D eigenvalue weighted by Gasteiger charge is -2.11. The topological polar surface area (TPSA) is 75.3 Å². The van der Waals surface area contributed by atoms with Crippen molar-refractivity contribution in [1.29, 1.82) is 0 Å². The maximum Gasteiger partial charge on any atom is 0.261 e. The van der Waals surface area contributed by atoms with Crippen molar-refractivity contribution in [2.24, 2.45) is 0 Å². The molecule has 0 saturated carbocycles. The Morgan fingerprint density at radius 2 is 1.54 bits per heavy atom. The molecule has 28 heavy (non-hydrogen) atoms. The van der Waals surface area contributed by atoms with Crippen LogP contribution in [0.25, 0.3) is 0 Å². The predicted molar refractivity (Wildman–Crippen MR) is 121 cm³/mol. The highest BCUT2D eigenvalue weighted by Crippen LogP contribution is 2.31. The van der Waals surface area contributed by atoms with Gasteiger partial charge in [-0.15, -0.1) is 0 Å². The highest BCUT2D eigenvalue weighted by Gasteiger charge is 2.17. The van der Waals surface area contributed by atoms with Crippen molar-refractivity contribution < 1.29 is 13.2 Å². The van der Waals surface area contributed by atoms with Gasteiger partial charge < -0.3 is 5.32 Å². The molecule has 0 aliphatic heterocycles. The van der Waals surface area contributed by atoms with Crippen molar-refractivity contribution in [3.8, 4) is 0 Å². The average molecular weight is 547 g/mol. The zero-order valence-electron chi connectivity index (χ0n) is 14.1. The number of rotatable bonds is 5. The summed E-state index contributed by atoms with van der Waals surface area (Å²) in [6, 6.07) is 17.6. The molecule has 0 atom stereocenters. The standard InChI is InChI=1S/C19H13Cl2IN2O3S/c20-16-2-1-3-17(18(16)21)24-28(26,27)15-10-8-14(9-11-15)23-19(25)12-4-6-13(22)7-5-12/h1-11,24H,(H,23,25). The zero-order chi connectivity index (χ0) is 20.3. The number of nitrogens with one attached hydrogen (secondary N) is 2. The molecule has 5 nitrogen and oxygen atoms in total. The molecule has 0 fully saturated rings. The van der Waals surface area contributed by atoms with Crippen LogP contribution in [-0.4, -0.2) is 14.3 Å². The highest BCUT2D eigenvalue weighted by molar-refractivity contribution is 14.1. The molecule has 0 radical (unpaired) electrons. The van der Waals surface area contributed by atoms with E-state index in [9.17, 15) is 13.2 Å². The molecule has 1 amide bonds. The second kappa shape index (κ2) is 8.69. The number of benzene rings is 3. The minimum atomic E-state index is -3.86. The van der Waals surface area contributed by atoms with E-state index in [1.54, 1.807) is 24.3 Å². The molecule has 3 aromatic carbocycles. The molecular weight excluding hydrogens is 534 g/mol. The van der Waals surface area contributed by atoms with E-state index in [0.29, 0.717) is 11.3 Å². The van der Waals surface area contributed by atoms with Gasteiger partial charge in [-0.2, -0.15) is 0 Å². The molecule has 0 aliphatic rings. The fourth-order valence-corrected chi connectivity index (χ4v) is 4.14. The fraction of sp³-hybridized carbons (Fsp3) is 0. The van der Waals surface area contributed by atoms with Crippen molar-refractivity contribution >= 4 is 73.1 Å². The normalized spacial score (nSPS) is 11.1. The Bertz CT molecular complexity index is 1120. The predicted octanol–water partition coefficient (Wildman–Crippen LogP) is 5.65. The molecule has 0 spiro atoms. The first kappa shape index (κ1) is 20.9. The lowest BCUT2D eigenvalue weighted by atomic mass is 10.2. The summed E-state index contributed by atoms with van der Waals surface area (Å²) in [7, 11) is -3.86. The molecule has 0 bridgehead atoms. The molecule has 3 rings (SSSR count). The SMILES string of the molecule is O=C(Nc1ccc(S(=O)(=O)Nc2cccc(Cl)c2Cl)cc1)c1ccc(I)cc1. The minimum absolute atomic E-state index is 0.0239. The maximum absolute atomic E-state index is 12.6. The van der Waals surface area contributed by atoms with Gasteiger partial charge in [0.05, 0.1) is 20.6 Å². The highest BCUT2D eigenvalue weighted by atomic mass is 127. The number of halogens is 3. The first-order valence-corrected chi connectivity index (χ1v) is 11.2. The molecule has 9 heteroatoms. The van der Waals surface area contributed by atoms with Gasteiger partial charge in [-0.25, -0.2) is 8.42 Å². The van der Waals surface area contributed by atoms with Gasteiger partial charge in [0.25, 0.3) is 15.9 Å². The Kier molecular flexibility index (Phi) is 6.49. The van der Waals surface area contributed by atoms with Crippen molar-refractivity contribution in [2.45, 2.75) is 4.90 Å². The average Bonchev–Trinajstić information content (AvgIpc) is 2.66. The summed E-state index contributed by atoms with van der Waals surface area (Å²) in [5, 5.41) is 3.09. The number of sulfonamides is 1. The number of hydrogen-bond acceptors (Lipinski definition) is 3. The molecule has 0 aromatic heterocycles. The largest absolute Gasteiger partial charge is 0.322 e. The number of anilines is 2. The third-order valence-corrected chi connectivity index (χ3v) is 6.64. The smallest absolute Gasteiger partial charge is 0.261 e. The summed E-state index contributed by atoms with van der Waals surface area (Å²) in [4.78, 5) is 12.3. The Morgan fingerprint density at radius 3 is 2.18 bits per heavy atom. The van der Waals surface area contributed by atoms with E-state index >= 15 is 0 Å². The molecule has 144 valence electrons. The quantitative estimate of drug-likeness (QED) is 0.406. The van der Waals surface area contributed by atoms with Crippen LogP contribution in [0.4, 0.5) is 11.4 Å². The van der Waals surface area contributed by atoms with Crippen LogP contribution < -0.4 is 10.0 Å². The number of hydrogen-bond donors (Lipinski definition) is 2. The van der Waals surface area contributed by atoms with Crippen molar-refractivity contribution in [1.82, 2.24) is 0 Å². The molecule has 0 unspecified atom stereocenters. The van der Waals surface area contributed by atoms with Gasteiger partial charge in [-0.05, 0) is 83.3 Å². The number of amides is 1. The summed E-state index contributed by atoms with van der Waals surface area (Å²) in [6.45, 7) is 0. The minimum Gasteiger partial charge on any atom is -0.322 e. The molecular formula is C19H13Cl2IN2O3S. The van der Waals surface area contributed by atoms with Crippen LogP contribution in [0.1, 0.15) is 10.4 Å². The van der Waals surface area contributed by atoms with E-state index in [4.69, 9.17) is 23.2 Å². The number of carbonyl (C=O) groups is 1. The van der Waals surface area contributed by atoms with Crippen LogP contribution >= 0.6 is 45.8 Å². The van der Waals surface area contributed by atoms with Crippen LogP contribution in [0.15, 0.2) is 71.6 Å². The van der Waals surface area contributed by atoms with E-state index in [1.807, 2.05) is 12.1 Å². The summed E-state index contributed by atoms with van der Waals surface area (Å²) >= 11 is 14.1. The van der Waals surface area contributed by atoms with Gasteiger partial charge in [-0.3, -0.25) is 9.52 Å². The maximum atomic E-state index is 12.6. The summed E-state index contributed by atoms with van der Waals surface area (Å²) in [5.41, 5.74) is 1.17. The Hall–Kier alpha value is -1.81. The molecule has 3 aromatic rings. The van der Waals surface area contributed by atoms with Crippen LogP contribution in [0.5, 0.6) is 0 Å². The molecule has 0 heterocycles. The lowest BCUT2D eigenvalue weighted by Crippen LogP contribution is -2.14. The summed E-state index contributed by atoms with van der Waals surface area (Å²) in [5.74, 6) is -0.282. The fourth-order valence-electron chi connectivity index (χ4n) is 2.31. The number of carbonyl (C=O) groups excluding carboxylic acids is 1. The van der Waals surface area contributed by atoms with Crippen molar-refractivity contribution in [3.05, 3.63) is 85.9 Å². The third-order valence-electron chi connectivity index (χ3n) is 3.72. The first-order valence-electron chi connectivity index (χ1n) is 7.90. The van der Waals surface area contributed by atoms with Crippen molar-refractivity contribution in [2.75, 3.05) is 10.0 Å².